The van der Waals surface area contributed by atoms with E-state index in [9.17, 15) is 4.79 Å². The van der Waals surface area contributed by atoms with Gasteiger partial charge in [0.15, 0.2) is 0 Å². The number of nitrogens with zero attached hydrogens (tertiary/aromatic N) is 1. The molecule has 0 bridgehead atoms. The number of ether oxygens (including phenoxy) is 1. The maximum atomic E-state index is 11.5. The Hall–Kier alpha value is -1.42. The highest BCUT2D eigenvalue weighted by Gasteiger charge is 2.06. The van der Waals surface area contributed by atoms with Gasteiger partial charge in [-0.2, -0.15) is 0 Å². The van der Waals surface area contributed by atoms with Crippen molar-refractivity contribution < 1.29 is 9.53 Å². The van der Waals surface area contributed by atoms with Gasteiger partial charge in [-0.1, -0.05) is 13.0 Å². The van der Waals surface area contributed by atoms with E-state index in [1.165, 1.54) is 0 Å². The Balaban J connectivity index is 2.57. The van der Waals surface area contributed by atoms with Gasteiger partial charge in [-0.05, 0) is 25.5 Å². The van der Waals surface area contributed by atoms with Crippen molar-refractivity contribution in [2.75, 3.05) is 13.3 Å². The number of pyridine rings is 1. The predicted molar refractivity (Wildman–Crippen MR) is 57.6 cm³/mol. The molecule has 0 aliphatic rings. The number of aromatic nitrogens is 1. The predicted octanol–water partition coefficient (Wildman–Crippen LogP) is 1.37. The molecule has 1 N–H and O–H groups in total. The number of amides is 1. The highest BCUT2D eigenvalue weighted by Crippen LogP contribution is 1.99. The molecule has 0 aliphatic carbocycles. The highest BCUT2D eigenvalue weighted by atomic mass is 16.5. The fourth-order valence-corrected chi connectivity index (χ4v) is 1.11. The third-order valence-corrected chi connectivity index (χ3v) is 1.94. The quantitative estimate of drug-likeness (QED) is 0.587. The molecule has 0 aliphatic heterocycles. The third kappa shape index (κ3) is 3.67. The first-order valence-electron chi connectivity index (χ1n) is 5.09. The summed E-state index contributed by atoms with van der Waals surface area (Å²) in [5, 5.41) is 2.63. The lowest BCUT2D eigenvalue weighted by molar-refractivity contribution is 0.0812. The van der Waals surface area contributed by atoms with Crippen LogP contribution < -0.4 is 5.32 Å². The standard InChI is InChI=1S/C11H16N2O2/c1-3-9-6-5-7-10(13-9)11(14)12-8-15-4-2/h5-7H,3-4,8H2,1-2H3,(H,12,14). The molecule has 0 unspecified atom stereocenters. The SMILES string of the molecule is CCOCNC(=O)c1cccc(CC)n1. The van der Waals surface area contributed by atoms with E-state index in [2.05, 4.69) is 10.3 Å². The molecular formula is C11H16N2O2. The summed E-state index contributed by atoms with van der Waals surface area (Å²) in [6.07, 6.45) is 0.826. The van der Waals surface area contributed by atoms with Crippen molar-refractivity contribution in [3.8, 4) is 0 Å². The van der Waals surface area contributed by atoms with Crippen LogP contribution in [0.25, 0.3) is 0 Å². The van der Waals surface area contributed by atoms with Crippen LogP contribution in [0.4, 0.5) is 0 Å². The normalized spacial score (nSPS) is 10.0. The average Bonchev–Trinajstić information content (AvgIpc) is 2.29. The van der Waals surface area contributed by atoms with Crippen molar-refractivity contribution in [1.29, 1.82) is 0 Å². The lowest BCUT2D eigenvalue weighted by Gasteiger charge is -2.05. The molecule has 1 aromatic heterocycles. The van der Waals surface area contributed by atoms with Gasteiger partial charge in [0.2, 0.25) is 0 Å². The Morgan fingerprint density at radius 2 is 2.27 bits per heavy atom. The summed E-state index contributed by atoms with van der Waals surface area (Å²) in [5.74, 6) is -0.196. The number of hydrogen-bond donors (Lipinski definition) is 1. The molecule has 0 saturated carbocycles. The lowest BCUT2D eigenvalue weighted by Crippen LogP contribution is -2.27. The van der Waals surface area contributed by atoms with Crippen molar-refractivity contribution >= 4 is 5.91 Å². The maximum absolute atomic E-state index is 11.5. The Morgan fingerprint density at radius 3 is 2.93 bits per heavy atom. The lowest BCUT2D eigenvalue weighted by atomic mass is 10.2. The van der Waals surface area contributed by atoms with Gasteiger partial charge in [0.05, 0.1) is 0 Å². The van der Waals surface area contributed by atoms with E-state index >= 15 is 0 Å². The summed E-state index contributed by atoms with van der Waals surface area (Å²) >= 11 is 0. The van der Waals surface area contributed by atoms with E-state index in [1.807, 2.05) is 26.0 Å². The minimum absolute atomic E-state index is 0.196. The zero-order chi connectivity index (χ0) is 11.1. The summed E-state index contributed by atoms with van der Waals surface area (Å²) in [6, 6.07) is 5.43. The van der Waals surface area contributed by atoms with E-state index < -0.39 is 0 Å². The first kappa shape index (κ1) is 11.7. The molecule has 4 heteroatoms. The molecule has 1 heterocycles. The van der Waals surface area contributed by atoms with Crippen LogP contribution in [0.1, 0.15) is 30.0 Å². The molecule has 0 radical (unpaired) electrons. The van der Waals surface area contributed by atoms with E-state index in [4.69, 9.17) is 4.74 Å². The minimum Gasteiger partial charge on any atom is -0.362 e. The van der Waals surface area contributed by atoms with E-state index in [-0.39, 0.29) is 12.6 Å². The molecule has 0 saturated heterocycles. The molecule has 82 valence electrons. The van der Waals surface area contributed by atoms with Crippen LogP contribution in [0, 0.1) is 0 Å². The van der Waals surface area contributed by atoms with Crippen molar-refractivity contribution in [1.82, 2.24) is 10.3 Å². The average molecular weight is 208 g/mol. The van der Waals surface area contributed by atoms with Crippen LogP contribution in [-0.4, -0.2) is 24.2 Å². The monoisotopic (exact) mass is 208 g/mol. The Labute approximate surface area is 89.7 Å². The number of aryl methyl sites for hydroxylation is 1. The second-order valence-corrected chi connectivity index (χ2v) is 3.01. The first-order valence-corrected chi connectivity index (χ1v) is 5.09. The Kier molecular flexibility index (Phi) is 4.77. The van der Waals surface area contributed by atoms with Gasteiger partial charge >= 0.3 is 0 Å². The molecule has 4 nitrogen and oxygen atoms in total. The van der Waals surface area contributed by atoms with E-state index in [0.29, 0.717) is 12.3 Å². The van der Waals surface area contributed by atoms with Crippen LogP contribution >= 0.6 is 0 Å². The van der Waals surface area contributed by atoms with E-state index in [1.54, 1.807) is 6.07 Å². The number of carbonyl (C=O) groups is 1. The number of nitrogens with one attached hydrogen (secondary N) is 1. The van der Waals surface area contributed by atoms with E-state index in [0.717, 1.165) is 12.1 Å². The van der Waals surface area contributed by atoms with Gasteiger partial charge in [0.1, 0.15) is 12.4 Å². The Morgan fingerprint density at radius 1 is 1.47 bits per heavy atom. The fourth-order valence-electron chi connectivity index (χ4n) is 1.11. The first-order chi connectivity index (χ1) is 7.27. The van der Waals surface area contributed by atoms with Crippen molar-refractivity contribution in [2.24, 2.45) is 0 Å². The summed E-state index contributed by atoms with van der Waals surface area (Å²) < 4.78 is 5.02. The number of carbonyl (C=O) groups excluding carboxylic acids is 1. The molecule has 0 fully saturated rings. The third-order valence-electron chi connectivity index (χ3n) is 1.94. The van der Waals surface area contributed by atoms with Crippen LogP contribution in [-0.2, 0) is 11.2 Å². The van der Waals surface area contributed by atoms with Crippen LogP contribution in [0.2, 0.25) is 0 Å². The molecule has 1 amide bonds. The highest BCUT2D eigenvalue weighted by molar-refractivity contribution is 5.92. The summed E-state index contributed by atoms with van der Waals surface area (Å²) in [7, 11) is 0. The van der Waals surface area contributed by atoms with Gasteiger partial charge in [-0.25, -0.2) is 4.98 Å². The van der Waals surface area contributed by atoms with Crippen LogP contribution in [0.15, 0.2) is 18.2 Å². The minimum atomic E-state index is -0.196. The smallest absolute Gasteiger partial charge is 0.271 e. The molecular weight excluding hydrogens is 192 g/mol. The molecule has 1 aromatic rings. The number of hydrogen-bond acceptors (Lipinski definition) is 3. The largest absolute Gasteiger partial charge is 0.362 e. The van der Waals surface area contributed by atoms with Crippen LogP contribution in [0.5, 0.6) is 0 Å². The maximum Gasteiger partial charge on any atom is 0.271 e. The van der Waals surface area contributed by atoms with Crippen LogP contribution in [0.3, 0.4) is 0 Å². The van der Waals surface area contributed by atoms with Gasteiger partial charge in [0, 0.05) is 12.3 Å². The second kappa shape index (κ2) is 6.14. The van der Waals surface area contributed by atoms with Gasteiger partial charge in [0.25, 0.3) is 5.91 Å². The molecule has 0 atom stereocenters. The summed E-state index contributed by atoms with van der Waals surface area (Å²) in [5.41, 5.74) is 1.35. The van der Waals surface area contributed by atoms with Gasteiger partial charge in [-0.3, -0.25) is 4.79 Å². The van der Waals surface area contributed by atoms with Crippen molar-refractivity contribution in [2.45, 2.75) is 20.3 Å². The number of rotatable bonds is 5. The fraction of sp³-hybridized carbons (Fsp3) is 0.455. The van der Waals surface area contributed by atoms with Gasteiger partial charge in [-0.15, -0.1) is 0 Å². The molecule has 15 heavy (non-hydrogen) atoms. The molecule has 0 aromatic carbocycles. The summed E-state index contributed by atoms with van der Waals surface area (Å²) in [4.78, 5) is 15.7. The van der Waals surface area contributed by atoms with Crippen molar-refractivity contribution in [3.63, 3.8) is 0 Å². The second-order valence-electron chi connectivity index (χ2n) is 3.01. The van der Waals surface area contributed by atoms with Crippen molar-refractivity contribution in [3.05, 3.63) is 29.6 Å². The summed E-state index contributed by atoms with van der Waals surface area (Å²) in [6.45, 7) is 4.70. The zero-order valence-corrected chi connectivity index (χ0v) is 9.12. The molecule has 1 rings (SSSR count). The Bertz CT molecular complexity index is 326. The topological polar surface area (TPSA) is 51.2 Å². The molecule has 0 spiro atoms. The van der Waals surface area contributed by atoms with Gasteiger partial charge < -0.3 is 10.1 Å². The zero-order valence-electron chi connectivity index (χ0n) is 9.12.